The lowest BCUT2D eigenvalue weighted by molar-refractivity contribution is -0.384. The standard InChI is InChI=1S/C23H29N5O4/c1-26(2)14-13-25-23(30)21-15-17-7-3-4-8-18(17)16-27(21)22(29)11-12-24-19-9-5-6-10-20(19)28(31)32/h3-10,21,24H,11-16H2,1-2H3,(H,25,30). The van der Waals surface area contributed by atoms with Gasteiger partial charge in [0.05, 0.1) is 4.92 Å². The molecule has 1 heterocycles. The summed E-state index contributed by atoms with van der Waals surface area (Å²) in [4.78, 5) is 40.3. The molecule has 0 fully saturated rings. The monoisotopic (exact) mass is 439 g/mol. The molecule has 9 heteroatoms. The summed E-state index contributed by atoms with van der Waals surface area (Å²) in [5.41, 5.74) is 2.43. The van der Waals surface area contributed by atoms with Crippen LogP contribution in [0.25, 0.3) is 0 Å². The van der Waals surface area contributed by atoms with Crippen LogP contribution in [0.4, 0.5) is 11.4 Å². The Morgan fingerprint density at radius 2 is 1.78 bits per heavy atom. The summed E-state index contributed by atoms with van der Waals surface area (Å²) in [6.07, 6.45) is 0.586. The van der Waals surface area contributed by atoms with Gasteiger partial charge < -0.3 is 20.4 Å². The van der Waals surface area contributed by atoms with Gasteiger partial charge in [0.2, 0.25) is 11.8 Å². The largest absolute Gasteiger partial charge is 0.379 e. The van der Waals surface area contributed by atoms with E-state index in [2.05, 4.69) is 10.6 Å². The van der Waals surface area contributed by atoms with Crippen molar-refractivity contribution in [2.75, 3.05) is 39.0 Å². The molecule has 1 aliphatic heterocycles. The molecule has 1 aliphatic rings. The lowest BCUT2D eigenvalue weighted by atomic mass is 9.93. The lowest BCUT2D eigenvalue weighted by Gasteiger charge is -2.36. The number of nitro benzene ring substituents is 1. The van der Waals surface area contributed by atoms with Crippen LogP contribution in [0.5, 0.6) is 0 Å². The normalized spacial score (nSPS) is 15.2. The maximum absolute atomic E-state index is 13.1. The van der Waals surface area contributed by atoms with E-state index in [0.717, 1.165) is 11.1 Å². The molecule has 0 aromatic heterocycles. The van der Waals surface area contributed by atoms with Gasteiger partial charge in [-0.3, -0.25) is 19.7 Å². The first-order valence-electron chi connectivity index (χ1n) is 10.6. The number of hydrogen-bond donors (Lipinski definition) is 2. The van der Waals surface area contributed by atoms with E-state index >= 15 is 0 Å². The van der Waals surface area contributed by atoms with Crippen molar-refractivity contribution >= 4 is 23.2 Å². The van der Waals surface area contributed by atoms with Gasteiger partial charge in [0.25, 0.3) is 5.69 Å². The highest BCUT2D eigenvalue weighted by Crippen LogP contribution is 2.25. The number of rotatable bonds is 9. The van der Waals surface area contributed by atoms with Gasteiger partial charge in [0, 0.05) is 45.1 Å². The van der Waals surface area contributed by atoms with E-state index in [1.165, 1.54) is 6.07 Å². The Kier molecular flexibility index (Phi) is 7.77. The first-order valence-corrected chi connectivity index (χ1v) is 10.6. The number of amides is 2. The predicted molar refractivity (Wildman–Crippen MR) is 122 cm³/mol. The van der Waals surface area contributed by atoms with Crippen molar-refractivity contribution in [1.82, 2.24) is 15.1 Å². The lowest BCUT2D eigenvalue weighted by Crippen LogP contribution is -2.53. The topological polar surface area (TPSA) is 108 Å². The van der Waals surface area contributed by atoms with Crippen molar-refractivity contribution < 1.29 is 14.5 Å². The van der Waals surface area contributed by atoms with E-state index in [0.29, 0.717) is 31.7 Å². The van der Waals surface area contributed by atoms with Crippen LogP contribution in [-0.4, -0.2) is 66.3 Å². The van der Waals surface area contributed by atoms with Gasteiger partial charge in [-0.15, -0.1) is 0 Å². The first kappa shape index (κ1) is 23.2. The zero-order valence-corrected chi connectivity index (χ0v) is 18.4. The van der Waals surface area contributed by atoms with Crippen LogP contribution in [0.15, 0.2) is 48.5 Å². The maximum atomic E-state index is 13.1. The Balaban J connectivity index is 1.67. The van der Waals surface area contributed by atoms with Crippen LogP contribution in [0, 0.1) is 10.1 Å². The number of nitrogens with zero attached hydrogens (tertiary/aromatic N) is 3. The minimum atomic E-state index is -0.578. The van der Waals surface area contributed by atoms with Crippen molar-refractivity contribution in [3.05, 3.63) is 69.8 Å². The van der Waals surface area contributed by atoms with E-state index in [4.69, 9.17) is 0 Å². The Hall–Kier alpha value is -3.46. The molecule has 0 saturated heterocycles. The molecule has 170 valence electrons. The number of anilines is 1. The van der Waals surface area contributed by atoms with Gasteiger partial charge in [-0.05, 0) is 31.3 Å². The summed E-state index contributed by atoms with van der Waals surface area (Å²) in [6.45, 7) is 1.82. The molecule has 1 atom stereocenters. The van der Waals surface area contributed by atoms with E-state index in [-0.39, 0.29) is 30.5 Å². The molecule has 32 heavy (non-hydrogen) atoms. The Bertz CT molecular complexity index is 978. The van der Waals surface area contributed by atoms with Gasteiger partial charge >= 0.3 is 0 Å². The van der Waals surface area contributed by atoms with E-state index in [1.54, 1.807) is 23.1 Å². The molecule has 2 amide bonds. The molecule has 3 rings (SSSR count). The van der Waals surface area contributed by atoms with Crippen molar-refractivity contribution in [3.63, 3.8) is 0 Å². The molecule has 0 radical (unpaired) electrons. The second kappa shape index (κ2) is 10.7. The van der Waals surface area contributed by atoms with Crippen LogP contribution < -0.4 is 10.6 Å². The predicted octanol–water partition coefficient (Wildman–Crippen LogP) is 2.03. The molecule has 9 nitrogen and oxygen atoms in total. The van der Waals surface area contributed by atoms with Gasteiger partial charge in [-0.25, -0.2) is 0 Å². The number of nitrogens with one attached hydrogen (secondary N) is 2. The third-order valence-corrected chi connectivity index (χ3v) is 5.48. The second-order valence-electron chi connectivity index (χ2n) is 8.06. The Labute approximate surface area is 187 Å². The summed E-state index contributed by atoms with van der Waals surface area (Å²) in [5, 5.41) is 17.1. The third-order valence-electron chi connectivity index (χ3n) is 5.48. The summed E-state index contributed by atoms with van der Waals surface area (Å²) in [5.74, 6) is -0.334. The third kappa shape index (κ3) is 5.82. The highest BCUT2D eigenvalue weighted by molar-refractivity contribution is 5.88. The number of likely N-dealkylation sites (N-methyl/N-ethyl adjacent to an activating group) is 1. The fraction of sp³-hybridized carbons (Fsp3) is 0.391. The number of benzene rings is 2. The number of hydrogen-bond acceptors (Lipinski definition) is 6. The van der Waals surface area contributed by atoms with Crippen molar-refractivity contribution in [2.24, 2.45) is 0 Å². The molecule has 1 unspecified atom stereocenters. The maximum Gasteiger partial charge on any atom is 0.292 e. The molecule has 2 aromatic carbocycles. The zero-order chi connectivity index (χ0) is 23.1. The highest BCUT2D eigenvalue weighted by Gasteiger charge is 2.34. The summed E-state index contributed by atoms with van der Waals surface area (Å²) < 4.78 is 0. The van der Waals surface area contributed by atoms with Gasteiger partial charge in [-0.1, -0.05) is 36.4 Å². The molecular weight excluding hydrogens is 410 g/mol. The second-order valence-corrected chi connectivity index (χ2v) is 8.06. The highest BCUT2D eigenvalue weighted by atomic mass is 16.6. The average molecular weight is 440 g/mol. The molecule has 0 bridgehead atoms. The Morgan fingerprint density at radius 1 is 1.09 bits per heavy atom. The summed E-state index contributed by atoms with van der Waals surface area (Å²) in [6, 6.07) is 13.6. The van der Waals surface area contributed by atoms with Crippen molar-refractivity contribution in [1.29, 1.82) is 0 Å². The minimum Gasteiger partial charge on any atom is -0.379 e. The first-order chi connectivity index (χ1) is 15.4. The van der Waals surface area contributed by atoms with Gasteiger partial charge in [-0.2, -0.15) is 0 Å². The number of para-hydroxylation sites is 2. The van der Waals surface area contributed by atoms with Crippen LogP contribution in [0.3, 0.4) is 0 Å². The zero-order valence-electron chi connectivity index (χ0n) is 18.4. The van der Waals surface area contributed by atoms with Gasteiger partial charge in [0.1, 0.15) is 11.7 Å². The van der Waals surface area contributed by atoms with E-state index < -0.39 is 11.0 Å². The smallest absolute Gasteiger partial charge is 0.292 e. The molecule has 0 saturated carbocycles. The molecule has 0 aliphatic carbocycles. The SMILES string of the molecule is CN(C)CCNC(=O)C1Cc2ccccc2CN1C(=O)CCNc1ccccc1[N+](=O)[O-]. The quantitative estimate of drug-likeness (QED) is 0.457. The van der Waals surface area contributed by atoms with Crippen LogP contribution in [0.1, 0.15) is 17.5 Å². The molecule has 2 aromatic rings. The van der Waals surface area contributed by atoms with Crippen molar-refractivity contribution in [2.45, 2.75) is 25.4 Å². The van der Waals surface area contributed by atoms with Crippen LogP contribution >= 0.6 is 0 Å². The summed E-state index contributed by atoms with van der Waals surface area (Å²) >= 11 is 0. The fourth-order valence-electron chi connectivity index (χ4n) is 3.77. The average Bonchev–Trinajstić information content (AvgIpc) is 2.78. The number of nitro groups is 1. The number of carbonyl (C=O) groups is 2. The molecular formula is C23H29N5O4. The molecule has 0 spiro atoms. The number of carbonyl (C=O) groups excluding carboxylic acids is 2. The fourth-order valence-corrected chi connectivity index (χ4v) is 3.77. The summed E-state index contributed by atoms with van der Waals surface area (Å²) in [7, 11) is 3.87. The van der Waals surface area contributed by atoms with E-state index in [1.807, 2.05) is 43.3 Å². The van der Waals surface area contributed by atoms with Gasteiger partial charge in [0.15, 0.2) is 0 Å². The van der Waals surface area contributed by atoms with Crippen LogP contribution in [0.2, 0.25) is 0 Å². The molecule has 2 N–H and O–H groups in total. The van der Waals surface area contributed by atoms with Crippen LogP contribution in [-0.2, 0) is 22.6 Å². The minimum absolute atomic E-state index is 0.0370. The Morgan fingerprint density at radius 3 is 2.50 bits per heavy atom. The number of fused-ring (bicyclic) bond motifs is 1. The van der Waals surface area contributed by atoms with Crippen molar-refractivity contribution in [3.8, 4) is 0 Å². The van der Waals surface area contributed by atoms with E-state index in [9.17, 15) is 19.7 Å².